The normalized spacial score (nSPS) is 13.3. The van der Waals surface area contributed by atoms with Gasteiger partial charge in [0.2, 0.25) is 5.88 Å². The predicted octanol–water partition coefficient (Wildman–Crippen LogP) is 3.29. The number of aromatic nitrogens is 3. The number of nitrogens with one attached hydrogen (secondary N) is 2. The second-order valence-electron chi connectivity index (χ2n) is 7.74. The molecule has 4 rings (SSSR count). The average molecular weight is 456 g/mol. The third-order valence-corrected chi connectivity index (χ3v) is 6.83. The first-order valence-corrected chi connectivity index (χ1v) is 11.8. The maximum Gasteiger partial charge on any atom is 0.291 e. The minimum atomic E-state index is -4.04. The van der Waals surface area contributed by atoms with E-state index in [1.807, 2.05) is 36.6 Å². The van der Waals surface area contributed by atoms with Crippen molar-refractivity contribution in [2.24, 2.45) is 0 Å². The zero-order chi connectivity index (χ0) is 22.9. The topological polar surface area (TPSA) is 115 Å². The fourth-order valence-electron chi connectivity index (χ4n) is 3.82. The molecule has 0 radical (unpaired) electrons. The molecular weight excluding hydrogens is 430 g/mol. The molecule has 3 heterocycles. The molecule has 3 aromatic rings. The molecule has 0 saturated heterocycles. The molecule has 168 valence electrons. The Morgan fingerprint density at radius 2 is 1.88 bits per heavy atom. The first-order chi connectivity index (χ1) is 15.3. The highest BCUT2D eigenvalue weighted by Crippen LogP contribution is 2.29. The SMILES string of the molecule is COc1ncc(NC(=O)c2ncc3n2CCCC3)cc1S(=O)(=O)Nc1c(C)cccc1C. The number of carbonyl (C=O) groups excluding carboxylic acids is 1. The van der Waals surface area contributed by atoms with Crippen LogP contribution in [-0.4, -0.2) is 36.0 Å². The van der Waals surface area contributed by atoms with Crippen LogP contribution in [0.2, 0.25) is 0 Å². The van der Waals surface area contributed by atoms with Crippen molar-refractivity contribution in [2.75, 3.05) is 17.1 Å². The van der Waals surface area contributed by atoms with Crippen LogP contribution in [0, 0.1) is 13.8 Å². The van der Waals surface area contributed by atoms with Crippen LogP contribution in [0.15, 0.2) is 41.6 Å². The molecule has 0 bridgehead atoms. The second-order valence-corrected chi connectivity index (χ2v) is 9.39. The van der Waals surface area contributed by atoms with Gasteiger partial charge in [0.15, 0.2) is 10.7 Å². The van der Waals surface area contributed by atoms with Crippen LogP contribution in [0.1, 0.15) is 40.3 Å². The van der Waals surface area contributed by atoms with E-state index in [0.29, 0.717) is 11.5 Å². The third kappa shape index (κ3) is 4.18. The first-order valence-electron chi connectivity index (χ1n) is 10.3. The summed E-state index contributed by atoms with van der Waals surface area (Å²) in [7, 11) is -2.69. The lowest BCUT2D eigenvalue weighted by atomic mass is 10.1. The fourth-order valence-corrected chi connectivity index (χ4v) is 5.16. The lowest BCUT2D eigenvalue weighted by Crippen LogP contribution is -2.22. The summed E-state index contributed by atoms with van der Waals surface area (Å²) in [5.74, 6) is -0.190. The largest absolute Gasteiger partial charge is 0.480 e. The number of nitrogens with zero attached hydrogens (tertiary/aromatic N) is 3. The smallest absolute Gasteiger partial charge is 0.291 e. The second kappa shape index (κ2) is 8.62. The summed E-state index contributed by atoms with van der Waals surface area (Å²) >= 11 is 0. The third-order valence-electron chi connectivity index (χ3n) is 5.48. The predicted molar refractivity (Wildman–Crippen MR) is 121 cm³/mol. The Morgan fingerprint density at radius 1 is 1.12 bits per heavy atom. The summed E-state index contributed by atoms with van der Waals surface area (Å²) in [6.07, 6.45) is 6.01. The highest BCUT2D eigenvalue weighted by atomic mass is 32.2. The van der Waals surface area contributed by atoms with E-state index in [0.717, 1.165) is 42.6 Å². The number of aryl methyl sites for hydroxylation is 3. The number of sulfonamides is 1. The van der Waals surface area contributed by atoms with Crippen LogP contribution in [0.4, 0.5) is 11.4 Å². The van der Waals surface area contributed by atoms with Gasteiger partial charge in [-0.05, 0) is 50.3 Å². The van der Waals surface area contributed by atoms with E-state index in [1.165, 1.54) is 19.4 Å². The summed E-state index contributed by atoms with van der Waals surface area (Å²) in [6.45, 7) is 4.38. The van der Waals surface area contributed by atoms with Crippen molar-refractivity contribution in [3.63, 3.8) is 0 Å². The van der Waals surface area contributed by atoms with Gasteiger partial charge in [0.1, 0.15) is 0 Å². The van der Waals surface area contributed by atoms with E-state index < -0.39 is 15.9 Å². The molecule has 9 nitrogen and oxygen atoms in total. The maximum absolute atomic E-state index is 13.2. The number of hydrogen-bond acceptors (Lipinski definition) is 6. The van der Waals surface area contributed by atoms with Crippen LogP contribution in [-0.2, 0) is 23.0 Å². The molecule has 2 N–H and O–H groups in total. The van der Waals surface area contributed by atoms with Crippen molar-refractivity contribution in [3.8, 4) is 5.88 Å². The van der Waals surface area contributed by atoms with Crippen molar-refractivity contribution in [1.82, 2.24) is 14.5 Å². The standard InChI is InChI=1S/C22H25N5O4S/c1-14-7-6-8-15(2)19(14)26-32(29,30)18-11-16(12-24-22(18)31-3)25-21(28)20-23-13-17-9-4-5-10-27(17)20/h6-8,11-13,26H,4-5,9-10H2,1-3H3,(H,25,28). The van der Waals surface area contributed by atoms with E-state index in [-0.39, 0.29) is 16.5 Å². The van der Waals surface area contributed by atoms with E-state index in [1.54, 1.807) is 6.20 Å². The molecule has 0 spiro atoms. The van der Waals surface area contributed by atoms with Gasteiger partial charge in [0.05, 0.1) is 24.7 Å². The fraction of sp³-hybridized carbons (Fsp3) is 0.318. The van der Waals surface area contributed by atoms with Gasteiger partial charge < -0.3 is 14.6 Å². The molecule has 0 saturated carbocycles. The van der Waals surface area contributed by atoms with Crippen molar-refractivity contribution < 1.29 is 17.9 Å². The Kier molecular flexibility index (Phi) is 5.88. The van der Waals surface area contributed by atoms with Gasteiger partial charge in [0, 0.05) is 18.4 Å². The number of imidazole rings is 1. The van der Waals surface area contributed by atoms with Gasteiger partial charge in [0.25, 0.3) is 15.9 Å². The lowest BCUT2D eigenvalue weighted by Gasteiger charge is -2.17. The number of amides is 1. The minimum Gasteiger partial charge on any atom is -0.480 e. The number of pyridine rings is 1. The van der Waals surface area contributed by atoms with Gasteiger partial charge in [-0.1, -0.05) is 18.2 Å². The molecule has 1 aromatic carbocycles. The summed E-state index contributed by atoms with van der Waals surface area (Å²) in [5, 5.41) is 2.71. The number of benzene rings is 1. The number of methoxy groups -OCH3 is 1. The van der Waals surface area contributed by atoms with Gasteiger partial charge >= 0.3 is 0 Å². The average Bonchev–Trinajstić information content (AvgIpc) is 3.21. The van der Waals surface area contributed by atoms with Gasteiger partial charge in [-0.15, -0.1) is 0 Å². The highest BCUT2D eigenvalue weighted by Gasteiger charge is 2.25. The Morgan fingerprint density at radius 3 is 2.59 bits per heavy atom. The van der Waals surface area contributed by atoms with E-state index in [2.05, 4.69) is 20.0 Å². The highest BCUT2D eigenvalue weighted by molar-refractivity contribution is 7.92. The monoisotopic (exact) mass is 455 g/mol. The number of ether oxygens (including phenoxy) is 1. The molecule has 1 aliphatic heterocycles. The molecule has 2 aromatic heterocycles. The van der Waals surface area contributed by atoms with Crippen molar-refractivity contribution >= 4 is 27.3 Å². The number of fused-ring (bicyclic) bond motifs is 1. The van der Waals surface area contributed by atoms with E-state index in [9.17, 15) is 13.2 Å². The van der Waals surface area contributed by atoms with Crippen LogP contribution < -0.4 is 14.8 Å². The zero-order valence-corrected chi connectivity index (χ0v) is 19.0. The summed E-state index contributed by atoms with van der Waals surface area (Å²) in [6, 6.07) is 6.83. The van der Waals surface area contributed by atoms with Crippen LogP contribution in [0.3, 0.4) is 0 Å². The summed E-state index contributed by atoms with van der Waals surface area (Å²) < 4.78 is 36.1. The quantitative estimate of drug-likeness (QED) is 0.589. The molecule has 32 heavy (non-hydrogen) atoms. The Labute approximate surface area is 186 Å². The Balaban J connectivity index is 1.64. The summed E-state index contributed by atoms with van der Waals surface area (Å²) in [4.78, 5) is 21.0. The van der Waals surface area contributed by atoms with E-state index >= 15 is 0 Å². The molecular formula is C22H25N5O4S. The maximum atomic E-state index is 13.2. The van der Waals surface area contributed by atoms with Crippen LogP contribution in [0.5, 0.6) is 5.88 Å². The molecule has 0 unspecified atom stereocenters. The number of anilines is 2. The van der Waals surface area contributed by atoms with Crippen LogP contribution >= 0.6 is 0 Å². The Hall–Kier alpha value is -3.40. The minimum absolute atomic E-state index is 0.0695. The Bertz CT molecular complexity index is 1260. The van der Waals surface area contributed by atoms with Gasteiger partial charge in [-0.2, -0.15) is 0 Å². The van der Waals surface area contributed by atoms with Gasteiger partial charge in [-0.3, -0.25) is 9.52 Å². The lowest BCUT2D eigenvalue weighted by molar-refractivity contribution is 0.101. The first kappa shape index (κ1) is 21.8. The van der Waals surface area contributed by atoms with E-state index in [4.69, 9.17) is 4.74 Å². The molecule has 1 amide bonds. The number of para-hydroxylation sites is 1. The molecule has 0 atom stereocenters. The number of carbonyl (C=O) groups is 1. The van der Waals surface area contributed by atoms with Crippen molar-refractivity contribution in [3.05, 3.63) is 59.3 Å². The summed E-state index contributed by atoms with van der Waals surface area (Å²) in [5.41, 5.74) is 3.32. The number of hydrogen-bond donors (Lipinski definition) is 2. The van der Waals surface area contributed by atoms with Crippen molar-refractivity contribution in [1.29, 1.82) is 0 Å². The zero-order valence-electron chi connectivity index (χ0n) is 18.2. The van der Waals surface area contributed by atoms with Crippen molar-refractivity contribution in [2.45, 2.75) is 44.6 Å². The molecule has 0 aliphatic carbocycles. The molecule has 0 fully saturated rings. The number of rotatable bonds is 6. The van der Waals surface area contributed by atoms with Crippen LogP contribution in [0.25, 0.3) is 0 Å². The molecule has 1 aliphatic rings. The van der Waals surface area contributed by atoms with Gasteiger partial charge in [-0.25, -0.2) is 18.4 Å². The molecule has 10 heteroatoms.